The molecule has 1 aliphatic heterocycles. The lowest BCUT2D eigenvalue weighted by atomic mass is 9.86. The highest BCUT2D eigenvalue weighted by atomic mass is 16.5. The monoisotopic (exact) mass is 478 g/mol. The Balaban J connectivity index is 1.33. The summed E-state index contributed by atoms with van der Waals surface area (Å²) < 4.78 is 6.35. The summed E-state index contributed by atoms with van der Waals surface area (Å²) in [6.07, 6.45) is 12.9. The zero-order valence-electron chi connectivity index (χ0n) is 20.6. The number of benzene rings is 1. The van der Waals surface area contributed by atoms with Gasteiger partial charge in [-0.3, -0.25) is 9.78 Å². The zero-order chi connectivity index (χ0) is 24.6. The minimum Gasteiger partial charge on any atom is -0.489 e. The molecule has 6 nitrogen and oxygen atoms in total. The first-order chi connectivity index (χ1) is 17.1. The quantitative estimate of drug-likeness (QED) is 0.310. The first kappa shape index (κ1) is 25.4. The summed E-state index contributed by atoms with van der Waals surface area (Å²) in [4.78, 5) is 16.3. The third kappa shape index (κ3) is 6.50. The molecule has 6 heteroatoms. The van der Waals surface area contributed by atoms with Gasteiger partial charge in [-0.15, -0.1) is 0 Å². The standard InChI is InChI=1S/C29H38N2O4/c1-2-3-4-9-22(32)12-13-23-25(33)18-26-28(23)24-10-5-7-21(29(24)35-26)8-6-11-27(34)31-19-20-14-16-30-17-15-20/h5,7,10,12-17,22-23,25-26,28,32-33H,2-4,6,8-9,11,18-19H2,1H3,(H,31,34)/t22-,23-,25+,26-,28-/m0/s1. The highest BCUT2D eigenvalue weighted by molar-refractivity contribution is 5.75. The van der Waals surface area contributed by atoms with Gasteiger partial charge in [-0.05, 0) is 42.5 Å². The second-order valence-corrected chi connectivity index (χ2v) is 9.83. The molecule has 1 aromatic heterocycles. The molecule has 1 amide bonds. The van der Waals surface area contributed by atoms with Crippen LogP contribution in [0, 0.1) is 5.92 Å². The van der Waals surface area contributed by atoms with Crippen molar-refractivity contribution in [3.05, 3.63) is 71.6 Å². The van der Waals surface area contributed by atoms with Gasteiger partial charge in [0.05, 0.1) is 12.2 Å². The Kier molecular flexibility index (Phi) is 8.94. The molecule has 0 radical (unpaired) electrons. The van der Waals surface area contributed by atoms with Crippen LogP contribution in [0.5, 0.6) is 5.75 Å². The van der Waals surface area contributed by atoms with Crippen molar-refractivity contribution in [1.29, 1.82) is 0 Å². The lowest BCUT2D eigenvalue weighted by Crippen LogP contribution is -2.22. The summed E-state index contributed by atoms with van der Waals surface area (Å²) in [6, 6.07) is 10.0. The number of para-hydroxylation sites is 1. The van der Waals surface area contributed by atoms with E-state index in [0.29, 0.717) is 19.4 Å². The molecule has 2 aliphatic rings. The number of hydrogen-bond donors (Lipinski definition) is 3. The van der Waals surface area contributed by atoms with E-state index in [2.05, 4.69) is 35.4 Å². The van der Waals surface area contributed by atoms with Gasteiger partial charge < -0.3 is 20.3 Å². The molecule has 35 heavy (non-hydrogen) atoms. The summed E-state index contributed by atoms with van der Waals surface area (Å²) in [5.41, 5.74) is 3.30. The number of unbranched alkanes of at least 4 members (excludes halogenated alkanes) is 2. The number of amides is 1. The zero-order valence-corrected chi connectivity index (χ0v) is 20.6. The Labute approximate surface area is 208 Å². The number of pyridine rings is 1. The normalized spacial score (nSPS) is 23.6. The summed E-state index contributed by atoms with van der Waals surface area (Å²) in [7, 11) is 0. The molecular formula is C29H38N2O4. The van der Waals surface area contributed by atoms with Crippen molar-refractivity contribution < 1.29 is 19.7 Å². The van der Waals surface area contributed by atoms with Crippen LogP contribution in [0.3, 0.4) is 0 Å². The summed E-state index contributed by atoms with van der Waals surface area (Å²) in [5.74, 6) is 1.01. The number of carbonyl (C=O) groups excluding carboxylic acids is 1. The smallest absolute Gasteiger partial charge is 0.220 e. The number of nitrogens with zero attached hydrogens (tertiary/aromatic N) is 1. The van der Waals surface area contributed by atoms with Crippen molar-refractivity contribution in [1.82, 2.24) is 10.3 Å². The highest BCUT2D eigenvalue weighted by Crippen LogP contribution is 2.52. The van der Waals surface area contributed by atoms with E-state index < -0.39 is 12.2 Å². The van der Waals surface area contributed by atoms with E-state index in [4.69, 9.17) is 4.74 Å². The summed E-state index contributed by atoms with van der Waals surface area (Å²) in [6.45, 7) is 2.67. The molecule has 3 N–H and O–H groups in total. The number of aromatic nitrogens is 1. The first-order valence-corrected chi connectivity index (χ1v) is 13.0. The van der Waals surface area contributed by atoms with Gasteiger partial charge >= 0.3 is 0 Å². The van der Waals surface area contributed by atoms with Crippen LogP contribution in [0.15, 0.2) is 54.9 Å². The lowest BCUT2D eigenvalue weighted by molar-refractivity contribution is -0.121. The van der Waals surface area contributed by atoms with Crippen LogP contribution in [0.2, 0.25) is 0 Å². The number of carbonyl (C=O) groups is 1. The molecule has 1 fully saturated rings. The Bertz CT molecular complexity index is 993. The van der Waals surface area contributed by atoms with E-state index in [1.165, 1.54) is 0 Å². The van der Waals surface area contributed by atoms with E-state index in [0.717, 1.165) is 61.0 Å². The Morgan fingerprint density at radius 3 is 2.86 bits per heavy atom. The Morgan fingerprint density at radius 2 is 2.06 bits per heavy atom. The van der Waals surface area contributed by atoms with Crippen LogP contribution >= 0.6 is 0 Å². The fraction of sp³-hybridized carbons (Fsp3) is 0.517. The molecule has 1 aromatic carbocycles. The van der Waals surface area contributed by atoms with Crippen molar-refractivity contribution >= 4 is 5.91 Å². The molecule has 0 spiro atoms. The van der Waals surface area contributed by atoms with Crippen LogP contribution in [0.1, 0.15) is 74.5 Å². The van der Waals surface area contributed by atoms with Crippen molar-refractivity contribution in [3.63, 3.8) is 0 Å². The van der Waals surface area contributed by atoms with Gasteiger partial charge in [0, 0.05) is 49.2 Å². The number of aryl methyl sites for hydroxylation is 1. The van der Waals surface area contributed by atoms with Crippen molar-refractivity contribution in [2.45, 2.75) is 89.1 Å². The average Bonchev–Trinajstić information content (AvgIpc) is 3.37. The SMILES string of the molecule is CCCCC[C@H](O)C=C[C@@H]1[C@H]2c3cccc(CCCC(=O)NCc4ccncc4)c3O[C@H]2C[C@H]1O. The van der Waals surface area contributed by atoms with Crippen LogP contribution in [0.4, 0.5) is 0 Å². The van der Waals surface area contributed by atoms with Gasteiger partial charge in [-0.25, -0.2) is 0 Å². The lowest BCUT2D eigenvalue weighted by Gasteiger charge is -2.18. The van der Waals surface area contributed by atoms with Crippen molar-refractivity contribution in [2.24, 2.45) is 5.92 Å². The Morgan fingerprint density at radius 1 is 1.23 bits per heavy atom. The molecule has 2 heterocycles. The highest BCUT2D eigenvalue weighted by Gasteiger charge is 2.48. The number of rotatable bonds is 12. The maximum absolute atomic E-state index is 12.3. The number of nitrogens with one attached hydrogen (secondary N) is 1. The summed E-state index contributed by atoms with van der Waals surface area (Å²) in [5, 5.41) is 24.0. The number of aliphatic hydroxyl groups excluding tert-OH is 2. The van der Waals surface area contributed by atoms with E-state index in [1.807, 2.05) is 24.3 Å². The topological polar surface area (TPSA) is 91.7 Å². The van der Waals surface area contributed by atoms with Gasteiger partial charge in [0.2, 0.25) is 5.91 Å². The fourth-order valence-electron chi connectivity index (χ4n) is 5.35. The molecule has 4 rings (SSSR count). The van der Waals surface area contributed by atoms with Gasteiger partial charge in [0.15, 0.2) is 0 Å². The first-order valence-electron chi connectivity index (χ1n) is 13.0. The van der Waals surface area contributed by atoms with E-state index in [9.17, 15) is 15.0 Å². The van der Waals surface area contributed by atoms with Crippen molar-refractivity contribution in [2.75, 3.05) is 0 Å². The number of aliphatic hydroxyl groups is 2. The van der Waals surface area contributed by atoms with E-state index >= 15 is 0 Å². The molecule has 1 aliphatic carbocycles. The molecule has 0 bridgehead atoms. The van der Waals surface area contributed by atoms with E-state index in [1.54, 1.807) is 12.4 Å². The Hall–Kier alpha value is -2.70. The second-order valence-electron chi connectivity index (χ2n) is 9.83. The molecule has 5 atom stereocenters. The van der Waals surface area contributed by atoms with E-state index in [-0.39, 0.29) is 23.8 Å². The second kappa shape index (κ2) is 12.3. The van der Waals surface area contributed by atoms with Gasteiger partial charge in [-0.2, -0.15) is 0 Å². The van der Waals surface area contributed by atoms with Crippen LogP contribution < -0.4 is 10.1 Å². The van der Waals surface area contributed by atoms with Crippen molar-refractivity contribution in [3.8, 4) is 5.75 Å². The number of ether oxygens (including phenoxy) is 1. The summed E-state index contributed by atoms with van der Waals surface area (Å²) >= 11 is 0. The molecule has 1 saturated carbocycles. The third-order valence-electron chi connectivity index (χ3n) is 7.24. The third-order valence-corrected chi connectivity index (χ3v) is 7.24. The molecule has 2 aromatic rings. The predicted octanol–water partition coefficient (Wildman–Crippen LogP) is 4.44. The van der Waals surface area contributed by atoms with Gasteiger partial charge in [0.25, 0.3) is 0 Å². The maximum atomic E-state index is 12.3. The van der Waals surface area contributed by atoms with Gasteiger partial charge in [0.1, 0.15) is 11.9 Å². The number of fused-ring (bicyclic) bond motifs is 3. The van der Waals surface area contributed by atoms with Crippen LogP contribution in [-0.4, -0.2) is 39.4 Å². The molecular weight excluding hydrogens is 440 g/mol. The molecule has 188 valence electrons. The minimum atomic E-state index is -0.468. The largest absolute Gasteiger partial charge is 0.489 e. The van der Waals surface area contributed by atoms with Crippen LogP contribution in [-0.2, 0) is 17.8 Å². The molecule has 0 unspecified atom stereocenters. The average molecular weight is 479 g/mol. The van der Waals surface area contributed by atoms with Gasteiger partial charge in [-0.1, -0.05) is 56.5 Å². The minimum absolute atomic E-state index is 0.0398. The number of hydrogen-bond acceptors (Lipinski definition) is 5. The predicted molar refractivity (Wildman–Crippen MR) is 136 cm³/mol. The maximum Gasteiger partial charge on any atom is 0.220 e. The van der Waals surface area contributed by atoms with Crippen LogP contribution in [0.25, 0.3) is 0 Å². The fourth-order valence-corrected chi connectivity index (χ4v) is 5.35. The molecule has 0 saturated heterocycles.